The molecule has 1 fully saturated rings. The normalized spacial score (nSPS) is 15.7. The number of hydroxylamine groups is 2. The summed E-state index contributed by atoms with van der Waals surface area (Å²) in [6.45, 7) is 1.11. The smallest absolute Gasteiger partial charge is 0.271 e. The van der Waals surface area contributed by atoms with Gasteiger partial charge in [0.25, 0.3) is 5.91 Å². The second kappa shape index (κ2) is 4.28. The third-order valence-electron chi connectivity index (χ3n) is 2.09. The van der Waals surface area contributed by atoms with Crippen LogP contribution < -0.4 is 0 Å². The molecule has 1 amide bonds. The van der Waals surface area contributed by atoms with Crippen LogP contribution in [0, 0.1) is 5.82 Å². The van der Waals surface area contributed by atoms with Gasteiger partial charge in [-0.25, -0.2) is 9.45 Å². The summed E-state index contributed by atoms with van der Waals surface area (Å²) in [7, 11) is 0. The molecule has 3 nitrogen and oxygen atoms in total. The number of rotatable bonds is 1. The highest BCUT2D eigenvalue weighted by Gasteiger charge is 2.21. The second-order valence-corrected chi connectivity index (χ2v) is 4.17. The van der Waals surface area contributed by atoms with E-state index in [-0.39, 0.29) is 5.91 Å². The number of halogens is 2. The first kappa shape index (κ1) is 10.6. The molecule has 0 radical (unpaired) electrons. The molecule has 5 heteroatoms. The van der Waals surface area contributed by atoms with Crippen molar-refractivity contribution in [1.82, 2.24) is 5.06 Å². The van der Waals surface area contributed by atoms with E-state index in [1.807, 2.05) is 0 Å². The molecule has 80 valence electrons. The van der Waals surface area contributed by atoms with E-state index < -0.39 is 5.82 Å². The quantitative estimate of drug-likeness (QED) is 0.786. The second-order valence-electron chi connectivity index (χ2n) is 3.25. The van der Waals surface area contributed by atoms with Gasteiger partial charge in [0.2, 0.25) is 0 Å². The molecule has 1 saturated heterocycles. The molecule has 0 aliphatic carbocycles. The largest absolute Gasteiger partial charge is 0.277 e. The molecule has 2 rings (SSSR count). The molecule has 0 atom stereocenters. The fraction of sp³-hybridized carbons (Fsp3) is 0.300. The summed E-state index contributed by atoms with van der Waals surface area (Å²) >= 11 is 3.14. The Balaban J connectivity index is 2.24. The minimum absolute atomic E-state index is 0.295. The summed E-state index contributed by atoms with van der Waals surface area (Å²) in [6, 6.07) is 4.09. The maximum absolute atomic E-state index is 13.0. The van der Waals surface area contributed by atoms with Gasteiger partial charge < -0.3 is 0 Å². The lowest BCUT2D eigenvalue weighted by Gasteiger charge is -2.13. The van der Waals surface area contributed by atoms with Crippen molar-refractivity contribution in [3.8, 4) is 0 Å². The first-order chi connectivity index (χ1) is 7.16. The van der Waals surface area contributed by atoms with Crippen molar-refractivity contribution < 1.29 is 14.0 Å². The number of amides is 1. The van der Waals surface area contributed by atoms with Crippen LogP contribution in [0.5, 0.6) is 0 Å². The zero-order valence-electron chi connectivity index (χ0n) is 7.87. The van der Waals surface area contributed by atoms with Gasteiger partial charge >= 0.3 is 0 Å². The Labute approximate surface area is 94.9 Å². The van der Waals surface area contributed by atoms with Crippen molar-refractivity contribution in [3.63, 3.8) is 0 Å². The van der Waals surface area contributed by atoms with Crippen LogP contribution in [0.2, 0.25) is 0 Å². The van der Waals surface area contributed by atoms with Gasteiger partial charge in [-0.1, -0.05) is 15.9 Å². The average Bonchev–Trinajstić information content (AvgIpc) is 2.67. The highest BCUT2D eigenvalue weighted by Crippen LogP contribution is 2.18. The van der Waals surface area contributed by atoms with Crippen LogP contribution >= 0.6 is 15.9 Å². The molecular formula is C10H9BrFNO2. The topological polar surface area (TPSA) is 29.5 Å². The van der Waals surface area contributed by atoms with Gasteiger partial charge in [0.1, 0.15) is 5.82 Å². The summed E-state index contributed by atoms with van der Waals surface area (Å²) in [5.41, 5.74) is 0.295. The van der Waals surface area contributed by atoms with Crippen LogP contribution in [-0.2, 0) is 4.84 Å². The van der Waals surface area contributed by atoms with Crippen molar-refractivity contribution >= 4 is 21.8 Å². The predicted octanol–water partition coefficient (Wildman–Crippen LogP) is 2.37. The van der Waals surface area contributed by atoms with Gasteiger partial charge in [0, 0.05) is 10.0 Å². The van der Waals surface area contributed by atoms with Gasteiger partial charge in [0.15, 0.2) is 0 Å². The molecule has 0 unspecified atom stereocenters. The molecular weight excluding hydrogens is 265 g/mol. The molecule has 1 aromatic carbocycles. The standard InChI is InChI=1S/C10H9BrFNO2/c11-8-4-7(5-9(12)6-8)10(14)13-2-1-3-15-13/h4-6H,1-3H2. The van der Waals surface area contributed by atoms with E-state index in [0.29, 0.717) is 23.2 Å². The lowest BCUT2D eigenvalue weighted by Crippen LogP contribution is -2.26. The van der Waals surface area contributed by atoms with E-state index in [9.17, 15) is 9.18 Å². The summed E-state index contributed by atoms with van der Waals surface area (Å²) in [4.78, 5) is 16.9. The van der Waals surface area contributed by atoms with E-state index in [0.717, 1.165) is 6.42 Å². The van der Waals surface area contributed by atoms with Crippen molar-refractivity contribution in [2.75, 3.05) is 13.2 Å². The molecule has 1 aliphatic rings. The van der Waals surface area contributed by atoms with Crippen molar-refractivity contribution in [2.45, 2.75) is 6.42 Å². The van der Waals surface area contributed by atoms with Gasteiger partial charge in [0.05, 0.1) is 13.2 Å². The van der Waals surface area contributed by atoms with E-state index >= 15 is 0 Å². The summed E-state index contributed by atoms with van der Waals surface area (Å²) in [6.07, 6.45) is 0.822. The molecule has 1 aromatic rings. The Kier molecular flexibility index (Phi) is 3.02. The highest BCUT2D eigenvalue weighted by molar-refractivity contribution is 9.10. The minimum atomic E-state index is -0.438. The van der Waals surface area contributed by atoms with Crippen LogP contribution in [0.3, 0.4) is 0 Å². The molecule has 0 bridgehead atoms. The lowest BCUT2D eigenvalue weighted by molar-refractivity contribution is -0.0768. The number of hydrogen-bond acceptors (Lipinski definition) is 2. The third kappa shape index (κ3) is 2.35. The number of benzene rings is 1. The highest BCUT2D eigenvalue weighted by atomic mass is 79.9. The first-order valence-electron chi connectivity index (χ1n) is 4.58. The predicted molar refractivity (Wildman–Crippen MR) is 55.7 cm³/mol. The van der Waals surface area contributed by atoms with Crippen molar-refractivity contribution in [3.05, 3.63) is 34.1 Å². The Hall–Kier alpha value is -0.940. The van der Waals surface area contributed by atoms with Crippen LogP contribution in [0.15, 0.2) is 22.7 Å². The van der Waals surface area contributed by atoms with Gasteiger partial charge in [-0.05, 0) is 24.6 Å². The van der Waals surface area contributed by atoms with E-state index in [4.69, 9.17) is 4.84 Å². The molecule has 15 heavy (non-hydrogen) atoms. The van der Waals surface area contributed by atoms with E-state index in [1.54, 1.807) is 6.07 Å². The number of carbonyl (C=O) groups is 1. The zero-order valence-corrected chi connectivity index (χ0v) is 9.46. The summed E-state index contributed by atoms with van der Waals surface area (Å²) in [5.74, 6) is -0.736. The molecule has 0 spiro atoms. The molecule has 0 aromatic heterocycles. The fourth-order valence-electron chi connectivity index (χ4n) is 1.43. The van der Waals surface area contributed by atoms with Crippen LogP contribution in [0.1, 0.15) is 16.8 Å². The number of nitrogens with zero attached hydrogens (tertiary/aromatic N) is 1. The average molecular weight is 274 g/mol. The maximum atomic E-state index is 13.0. The monoisotopic (exact) mass is 273 g/mol. The van der Waals surface area contributed by atoms with Gasteiger partial charge in [-0.15, -0.1) is 0 Å². The van der Waals surface area contributed by atoms with Crippen molar-refractivity contribution in [2.24, 2.45) is 0 Å². The first-order valence-corrected chi connectivity index (χ1v) is 5.37. The zero-order chi connectivity index (χ0) is 10.8. The van der Waals surface area contributed by atoms with Crippen LogP contribution in [0.25, 0.3) is 0 Å². The Morgan fingerprint density at radius 2 is 2.27 bits per heavy atom. The SMILES string of the molecule is O=C(c1cc(F)cc(Br)c1)N1CCCO1. The number of carbonyl (C=O) groups excluding carboxylic acids is 1. The Bertz CT molecular complexity index is 371. The summed E-state index contributed by atoms with van der Waals surface area (Å²) < 4.78 is 13.6. The lowest BCUT2D eigenvalue weighted by atomic mass is 10.2. The fourth-order valence-corrected chi connectivity index (χ4v) is 1.89. The Morgan fingerprint density at radius 3 is 2.87 bits per heavy atom. The third-order valence-corrected chi connectivity index (χ3v) is 2.55. The van der Waals surface area contributed by atoms with Crippen LogP contribution in [0.4, 0.5) is 4.39 Å². The minimum Gasteiger partial charge on any atom is -0.271 e. The van der Waals surface area contributed by atoms with Gasteiger partial charge in [-0.3, -0.25) is 9.63 Å². The van der Waals surface area contributed by atoms with Crippen molar-refractivity contribution in [1.29, 1.82) is 0 Å². The maximum Gasteiger partial charge on any atom is 0.277 e. The molecule has 0 saturated carbocycles. The number of hydrogen-bond donors (Lipinski definition) is 0. The van der Waals surface area contributed by atoms with Crippen LogP contribution in [-0.4, -0.2) is 24.1 Å². The van der Waals surface area contributed by atoms with Gasteiger partial charge in [-0.2, -0.15) is 0 Å². The Morgan fingerprint density at radius 1 is 1.47 bits per heavy atom. The van der Waals surface area contributed by atoms with E-state index in [2.05, 4.69) is 15.9 Å². The molecule has 0 N–H and O–H groups in total. The molecule has 1 heterocycles. The van der Waals surface area contributed by atoms with E-state index in [1.165, 1.54) is 17.2 Å². The molecule has 1 aliphatic heterocycles. The summed E-state index contributed by atoms with van der Waals surface area (Å²) in [5, 5.41) is 1.27.